The van der Waals surface area contributed by atoms with Gasteiger partial charge < -0.3 is 15.4 Å². The van der Waals surface area contributed by atoms with Crippen molar-refractivity contribution >= 4 is 22.8 Å². The molecule has 100 valence electrons. The maximum absolute atomic E-state index is 11.8. The minimum absolute atomic E-state index is 0.168. The standard InChI is InChI=1S/C14H16N2O3/c1-8-4-3-5-11-10(7-15-13(8)11)6-12(17)16-9(2)14(18)19/h3-5,7,9,15H,6H2,1-2H3,(H,16,17)(H,18,19)/t9-/m1/s1. The Hall–Kier alpha value is -2.30. The van der Waals surface area contributed by atoms with Gasteiger partial charge in [-0.05, 0) is 25.0 Å². The highest BCUT2D eigenvalue weighted by Crippen LogP contribution is 2.21. The summed E-state index contributed by atoms with van der Waals surface area (Å²) in [4.78, 5) is 25.6. The number of carboxylic acids is 1. The largest absolute Gasteiger partial charge is 0.480 e. The molecule has 1 heterocycles. The van der Waals surface area contributed by atoms with Gasteiger partial charge in [0.25, 0.3) is 0 Å². The summed E-state index contributed by atoms with van der Waals surface area (Å²) < 4.78 is 0. The molecule has 1 amide bonds. The van der Waals surface area contributed by atoms with Crippen LogP contribution in [0.1, 0.15) is 18.1 Å². The molecule has 3 N–H and O–H groups in total. The van der Waals surface area contributed by atoms with Crippen molar-refractivity contribution in [1.29, 1.82) is 0 Å². The lowest BCUT2D eigenvalue weighted by Crippen LogP contribution is -2.39. The second kappa shape index (κ2) is 5.14. The number of aliphatic carboxylic acids is 1. The van der Waals surface area contributed by atoms with Crippen LogP contribution in [0, 0.1) is 6.92 Å². The van der Waals surface area contributed by atoms with Crippen molar-refractivity contribution in [3.8, 4) is 0 Å². The van der Waals surface area contributed by atoms with Gasteiger partial charge in [-0.2, -0.15) is 0 Å². The SMILES string of the molecule is Cc1cccc2c(CC(=O)N[C@H](C)C(=O)O)c[nH]c12. The Morgan fingerprint density at radius 1 is 1.42 bits per heavy atom. The highest BCUT2D eigenvalue weighted by atomic mass is 16.4. The highest BCUT2D eigenvalue weighted by molar-refractivity contribution is 5.91. The number of aromatic amines is 1. The summed E-state index contributed by atoms with van der Waals surface area (Å²) in [6.45, 7) is 3.44. The molecule has 2 aromatic rings. The number of aryl methyl sites for hydroxylation is 1. The zero-order valence-electron chi connectivity index (χ0n) is 10.9. The van der Waals surface area contributed by atoms with Crippen LogP contribution in [0.4, 0.5) is 0 Å². The number of hydrogen-bond acceptors (Lipinski definition) is 2. The van der Waals surface area contributed by atoms with Gasteiger partial charge >= 0.3 is 5.97 Å². The highest BCUT2D eigenvalue weighted by Gasteiger charge is 2.15. The number of hydrogen-bond donors (Lipinski definition) is 3. The first-order valence-electron chi connectivity index (χ1n) is 6.07. The summed E-state index contributed by atoms with van der Waals surface area (Å²) in [5, 5.41) is 12.2. The van der Waals surface area contributed by atoms with Gasteiger partial charge in [-0.15, -0.1) is 0 Å². The van der Waals surface area contributed by atoms with Crippen molar-refractivity contribution in [2.75, 3.05) is 0 Å². The molecule has 0 spiro atoms. The van der Waals surface area contributed by atoms with Gasteiger partial charge in [-0.25, -0.2) is 0 Å². The van der Waals surface area contributed by atoms with E-state index in [1.807, 2.05) is 25.1 Å². The summed E-state index contributed by atoms with van der Waals surface area (Å²) in [6, 6.07) is 5.00. The summed E-state index contributed by atoms with van der Waals surface area (Å²) >= 11 is 0. The van der Waals surface area contributed by atoms with E-state index in [0.29, 0.717) is 0 Å². The predicted octanol–water partition coefficient (Wildman–Crippen LogP) is 1.61. The lowest BCUT2D eigenvalue weighted by molar-refractivity contribution is -0.141. The third kappa shape index (κ3) is 2.76. The lowest BCUT2D eigenvalue weighted by atomic mass is 10.1. The predicted molar refractivity (Wildman–Crippen MR) is 72.0 cm³/mol. The van der Waals surface area contributed by atoms with Crippen LogP contribution < -0.4 is 5.32 Å². The first-order valence-corrected chi connectivity index (χ1v) is 6.07. The number of para-hydroxylation sites is 1. The van der Waals surface area contributed by atoms with Crippen LogP contribution in [-0.2, 0) is 16.0 Å². The lowest BCUT2D eigenvalue weighted by Gasteiger charge is -2.08. The minimum atomic E-state index is -1.04. The molecule has 0 saturated heterocycles. The maximum Gasteiger partial charge on any atom is 0.325 e. The second-order valence-corrected chi connectivity index (χ2v) is 4.62. The van der Waals surface area contributed by atoms with Crippen molar-refractivity contribution in [3.05, 3.63) is 35.5 Å². The van der Waals surface area contributed by atoms with Gasteiger partial charge in [0.15, 0.2) is 0 Å². The van der Waals surface area contributed by atoms with Crippen molar-refractivity contribution in [2.45, 2.75) is 26.3 Å². The average Bonchev–Trinajstić information content (AvgIpc) is 2.73. The number of nitrogens with one attached hydrogen (secondary N) is 2. The summed E-state index contributed by atoms with van der Waals surface area (Å²) in [6.07, 6.45) is 1.96. The Morgan fingerprint density at radius 3 is 2.84 bits per heavy atom. The first kappa shape index (κ1) is 13.1. The van der Waals surface area contributed by atoms with Crippen molar-refractivity contribution in [1.82, 2.24) is 10.3 Å². The van der Waals surface area contributed by atoms with Crippen LogP contribution in [0.2, 0.25) is 0 Å². The molecule has 0 saturated carbocycles. The number of aromatic nitrogens is 1. The fourth-order valence-electron chi connectivity index (χ4n) is 2.04. The van der Waals surface area contributed by atoms with E-state index >= 15 is 0 Å². The number of carboxylic acid groups (broad SMARTS) is 1. The van der Waals surface area contributed by atoms with Gasteiger partial charge in [0.1, 0.15) is 6.04 Å². The van der Waals surface area contributed by atoms with E-state index in [4.69, 9.17) is 5.11 Å². The topological polar surface area (TPSA) is 82.2 Å². The number of benzene rings is 1. The summed E-state index contributed by atoms with van der Waals surface area (Å²) in [7, 11) is 0. The van der Waals surface area contributed by atoms with Crippen LogP contribution in [0.25, 0.3) is 10.9 Å². The van der Waals surface area contributed by atoms with E-state index < -0.39 is 12.0 Å². The number of carbonyl (C=O) groups is 2. The molecule has 5 nitrogen and oxygen atoms in total. The van der Waals surface area contributed by atoms with Crippen molar-refractivity contribution in [3.63, 3.8) is 0 Å². The molecular formula is C14H16N2O3. The number of rotatable bonds is 4. The van der Waals surface area contributed by atoms with Crippen LogP contribution in [0.3, 0.4) is 0 Å². The molecule has 0 aliphatic carbocycles. The molecule has 19 heavy (non-hydrogen) atoms. The van der Waals surface area contributed by atoms with Gasteiger partial charge in [0.05, 0.1) is 6.42 Å². The zero-order valence-corrected chi connectivity index (χ0v) is 10.9. The van der Waals surface area contributed by atoms with Gasteiger partial charge in [-0.3, -0.25) is 9.59 Å². The number of H-pyrrole nitrogens is 1. The van der Waals surface area contributed by atoms with E-state index in [0.717, 1.165) is 22.0 Å². The summed E-state index contributed by atoms with van der Waals surface area (Å²) in [5.41, 5.74) is 2.99. The molecule has 5 heteroatoms. The Kier molecular flexibility index (Phi) is 3.55. The molecular weight excluding hydrogens is 244 g/mol. The Labute approximate surface area is 110 Å². The van der Waals surface area contributed by atoms with Crippen molar-refractivity contribution in [2.24, 2.45) is 0 Å². The number of fused-ring (bicyclic) bond motifs is 1. The molecule has 1 atom stereocenters. The van der Waals surface area contributed by atoms with Gasteiger partial charge in [0.2, 0.25) is 5.91 Å². The molecule has 0 aliphatic rings. The maximum atomic E-state index is 11.8. The normalized spacial score (nSPS) is 12.3. The second-order valence-electron chi connectivity index (χ2n) is 4.62. The molecule has 2 rings (SSSR count). The average molecular weight is 260 g/mol. The molecule has 1 aromatic carbocycles. The third-order valence-corrected chi connectivity index (χ3v) is 3.11. The van der Waals surface area contributed by atoms with Crippen LogP contribution >= 0.6 is 0 Å². The molecule has 0 fully saturated rings. The molecule has 0 bridgehead atoms. The van der Waals surface area contributed by atoms with E-state index in [2.05, 4.69) is 10.3 Å². The summed E-state index contributed by atoms with van der Waals surface area (Å²) in [5.74, 6) is -1.33. The quantitative estimate of drug-likeness (QED) is 0.781. The van der Waals surface area contributed by atoms with Crippen LogP contribution in [-0.4, -0.2) is 28.0 Å². The van der Waals surface area contributed by atoms with Gasteiger partial charge in [0, 0.05) is 17.1 Å². The van der Waals surface area contributed by atoms with Crippen LogP contribution in [0.5, 0.6) is 0 Å². The Morgan fingerprint density at radius 2 is 2.16 bits per heavy atom. The Bertz CT molecular complexity index is 631. The van der Waals surface area contributed by atoms with E-state index in [1.54, 1.807) is 6.20 Å². The molecule has 0 aliphatic heterocycles. The number of amides is 1. The smallest absolute Gasteiger partial charge is 0.325 e. The Balaban J connectivity index is 2.16. The van der Waals surface area contributed by atoms with Gasteiger partial charge in [-0.1, -0.05) is 18.2 Å². The van der Waals surface area contributed by atoms with E-state index in [-0.39, 0.29) is 12.3 Å². The van der Waals surface area contributed by atoms with Crippen molar-refractivity contribution < 1.29 is 14.7 Å². The monoisotopic (exact) mass is 260 g/mol. The third-order valence-electron chi connectivity index (χ3n) is 3.11. The van der Waals surface area contributed by atoms with Crippen LogP contribution in [0.15, 0.2) is 24.4 Å². The molecule has 0 radical (unpaired) electrons. The first-order chi connectivity index (χ1) is 8.99. The fourth-order valence-corrected chi connectivity index (χ4v) is 2.04. The van der Waals surface area contributed by atoms with E-state index in [1.165, 1.54) is 6.92 Å². The minimum Gasteiger partial charge on any atom is -0.480 e. The number of carbonyl (C=O) groups excluding carboxylic acids is 1. The molecule has 0 unspecified atom stereocenters. The zero-order chi connectivity index (χ0) is 14.0. The van der Waals surface area contributed by atoms with E-state index in [9.17, 15) is 9.59 Å². The molecule has 1 aromatic heterocycles. The fraction of sp³-hybridized carbons (Fsp3) is 0.286.